The number of nitrogens with one attached hydrogen (secondary N) is 3. The van der Waals surface area contributed by atoms with Crippen LogP contribution in [0.5, 0.6) is 5.75 Å². The number of hydrogen-bond acceptors (Lipinski definition) is 9. The molecule has 11 N–H and O–H groups in total. The van der Waals surface area contributed by atoms with E-state index in [2.05, 4.69) is 16.0 Å². The minimum absolute atomic E-state index is 0.00884. The largest absolute Gasteiger partial charge is 0.508 e. The van der Waals surface area contributed by atoms with Crippen molar-refractivity contribution in [2.24, 2.45) is 17.2 Å². The average molecular weight is 578 g/mol. The first-order valence-electron chi connectivity index (χ1n) is 12.8. The van der Waals surface area contributed by atoms with Crippen LogP contribution in [0.4, 0.5) is 0 Å². The fourth-order valence-corrected chi connectivity index (χ4v) is 4.18. The van der Waals surface area contributed by atoms with E-state index in [1.165, 1.54) is 29.2 Å². The Hall–Kier alpha value is -4.73. The summed E-state index contributed by atoms with van der Waals surface area (Å²) in [6, 6.07) is 0.605. The molecular formula is C25H35N7O9. The molecule has 1 saturated heterocycles. The first kappa shape index (κ1) is 32.5. The van der Waals surface area contributed by atoms with E-state index >= 15 is 0 Å². The summed E-state index contributed by atoms with van der Waals surface area (Å²) in [5.41, 5.74) is 16.4. The molecule has 0 unspecified atom stereocenters. The zero-order valence-corrected chi connectivity index (χ0v) is 22.2. The van der Waals surface area contributed by atoms with Crippen molar-refractivity contribution in [3.63, 3.8) is 0 Å². The van der Waals surface area contributed by atoms with E-state index in [1.54, 1.807) is 0 Å². The fourth-order valence-electron chi connectivity index (χ4n) is 4.18. The van der Waals surface area contributed by atoms with E-state index in [9.17, 15) is 43.8 Å². The van der Waals surface area contributed by atoms with Gasteiger partial charge in [-0.25, -0.2) is 4.79 Å². The number of hydrogen-bond donors (Lipinski definition) is 8. The molecule has 0 radical (unpaired) electrons. The van der Waals surface area contributed by atoms with Gasteiger partial charge < -0.3 is 48.3 Å². The Morgan fingerprint density at radius 2 is 1.61 bits per heavy atom. The van der Waals surface area contributed by atoms with Gasteiger partial charge in [0.25, 0.3) is 0 Å². The smallest absolute Gasteiger partial charge is 0.326 e. The molecule has 1 aliphatic rings. The van der Waals surface area contributed by atoms with Gasteiger partial charge in [-0.2, -0.15) is 0 Å². The fraction of sp³-hybridized carbons (Fsp3) is 0.480. The number of carbonyl (C=O) groups is 7. The van der Waals surface area contributed by atoms with E-state index in [-0.39, 0.29) is 38.0 Å². The molecule has 16 heteroatoms. The Bertz CT molecular complexity index is 1160. The predicted molar refractivity (Wildman–Crippen MR) is 141 cm³/mol. The molecule has 2 rings (SSSR count). The number of nitrogens with two attached hydrogens (primary N) is 3. The molecule has 0 bridgehead atoms. The molecule has 1 fully saturated rings. The van der Waals surface area contributed by atoms with E-state index < -0.39 is 78.5 Å². The lowest BCUT2D eigenvalue weighted by atomic mass is 10.0. The summed E-state index contributed by atoms with van der Waals surface area (Å²) < 4.78 is 0. The standard InChI is InChI=1S/C25H35N7O9/c26-15(7-8-19(27)34)22(37)29-12-21(36)32-9-1-2-18(32)24(39)30-16(11-20(28)35)23(38)31-17(25(40)41)10-13-3-5-14(33)6-4-13/h3-6,15-18,33H,1-2,7-12,26H2,(H2,27,34)(H2,28,35)(H,29,37)(H,30,39)(H,31,38)(H,40,41)/t15-,16-,17-,18-/m0/s1. The molecular weight excluding hydrogens is 542 g/mol. The van der Waals surface area contributed by atoms with Crippen LogP contribution in [0.15, 0.2) is 24.3 Å². The second-order valence-corrected chi connectivity index (χ2v) is 9.58. The molecule has 0 aliphatic carbocycles. The summed E-state index contributed by atoms with van der Waals surface area (Å²) in [7, 11) is 0. The first-order valence-corrected chi connectivity index (χ1v) is 12.8. The Kier molecular flexibility index (Phi) is 12.0. The quantitative estimate of drug-likeness (QED) is 0.102. The average Bonchev–Trinajstić information content (AvgIpc) is 3.40. The number of aliphatic carboxylic acids is 1. The molecule has 16 nitrogen and oxygen atoms in total. The number of carboxylic acid groups (broad SMARTS) is 1. The van der Waals surface area contributed by atoms with Crippen molar-refractivity contribution >= 4 is 41.4 Å². The number of rotatable bonds is 15. The van der Waals surface area contributed by atoms with Gasteiger partial charge in [-0.15, -0.1) is 0 Å². The third-order valence-corrected chi connectivity index (χ3v) is 6.36. The summed E-state index contributed by atoms with van der Waals surface area (Å²) in [4.78, 5) is 86.3. The zero-order chi connectivity index (χ0) is 30.7. The highest BCUT2D eigenvalue weighted by Crippen LogP contribution is 2.18. The van der Waals surface area contributed by atoms with Crippen LogP contribution in [0.25, 0.3) is 0 Å². The van der Waals surface area contributed by atoms with Crippen molar-refractivity contribution in [1.29, 1.82) is 0 Å². The molecule has 1 aliphatic heterocycles. The van der Waals surface area contributed by atoms with Crippen molar-refractivity contribution in [3.8, 4) is 5.75 Å². The Labute approximate surface area is 235 Å². The maximum Gasteiger partial charge on any atom is 0.326 e. The van der Waals surface area contributed by atoms with Crippen LogP contribution in [0.2, 0.25) is 0 Å². The molecule has 0 aromatic heterocycles. The normalized spacial score (nSPS) is 16.6. The van der Waals surface area contributed by atoms with E-state index in [4.69, 9.17) is 17.2 Å². The molecule has 1 heterocycles. The number of carbonyl (C=O) groups excluding carboxylic acids is 6. The lowest BCUT2D eigenvalue weighted by Gasteiger charge is -2.27. The Balaban J connectivity index is 2.03. The number of likely N-dealkylation sites (tertiary alicyclic amines) is 1. The maximum absolute atomic E-state index is 13.1. The Morgan fingerprint density at radius 3 is 2.20 bits per heavy atom. The third kappa shape index (κ3) is 10.4. The van der Waals surface area contributed by atoms with Crippen LogP contribution in [0, 0.1) is 0 Å². The highest BCUT2D eigenvalue weighted by atomic mass is 16.4. The molecule has 1 aromatic carbocycles. The SMILES string of the molecule is NC(=O)CC[C@H](N)C(=O)NCC(=O)N1CCC[C@H]1C(=O)N[C@@H](CC(N)=O)C(=O)N[C@@H](Cc1ccc(O)cc1)C(=O)O. The van der Waals surface area contributed by atoms with Crippen LogP contribution in [-0.2, 0) is 40.0 Å². The van der Waals surface area contributed by atoms with Gasteiger partial charge in [0.2, 0.25) is 35.4 Å². The summed E-state index contributed by atoms with van der Waals surface area (Å²) in [5.74, 6) is -6.00. The number of aromatic hydroxyl groups is 1. The van der Waals surface area contributed by atoms with Crippen LogP contribution >= 0.6 is 0 Å². The topological polar surface area (TPSA) is 277 Å². The van der Waals surface area contributed by atoms with E-state index in [0.29, 0.717) is 12.0 Å². The Morgan fingerprint density at radius 1 is 0.951 bits per heavy atom. The zero-order valence-electron chi connectivity index (χ0n) is 22.2. The van der Waals surface area contributed by atoms with Crippen LogP contribution in [0.3, 0.4) is 0 Å². The number of phenols is 1. The number of phenolic OH excluding ortho intramolecular Hbond substituents is 1. The minimum Gasteiger partial charge on any atom is -0.508 e. The van der Waals surface area contributed by atoms with Gasteiger partial charge in [0, 0.05) is 19.4 Å². The number of carboxylic acids is 1. The molecule has 41 heavy (non-hydrogen) atoms. The van der Waals surface area contributed by atoms with Gasteiger partial charge in [0.05, 0.1) is 19.0 Å². The monoisotopic (exact) mass is 577 g/mol. The summed E-state index contributed by atoms with van der Waals surface area (Å²) in [6.07, 6.45) is -0.236. The van der Waals surface area contributed by atoms with Gasteiger partial charge in [0.15, 0.2) is 0 Å². The van der Waals surface area contributed by atoms with E-state index in [1.807, 2.05) is 0 Å². The van der Waals surface area contributed by atoms with Crippen LogP contribution in [-0.4, -0.2) is 93.8 Å². The highest BCUT2D eigenvalue weighted by Gasteiger charge is 2.37. The van der Waals surface area contributed by atoms with Crippen LogP contribution < -0.4 is 33.2 Å². The van der Waals surface area contributed by atoms with Gasteiger partial charge in [-0.1, -0.05) is 12.1 Å². The number of primary amides is 2. The molecule has 0 saturated carbocycles. The van der Waals surface area contributed by atoms with Gasteiger partial charge >= 0.3 is 5.97 Å². The van der Waals surface area contributed by atoms with Gasteiger partial charge in [-0.05, 0) is 37.0 Å². The summed E-state index contributed by atoms with van der Waals surface area (Å²) in [6.45, 7) is -0.295. The molecule has 1 aromatic rings. The maximum atomic E-state index is 13.1. The van der Waals surface area contributed by atoms with Gasteiger partial charge in [-0.3, -0.25) is 28.8 Å². The van der Waals surface area contributed by atoms with Crippen LogP contribution in [0.1, 0.15) is 37.7 Å². The molecule has 4 atom stereocenters. The van der Waals surface area contributed by atoms with Crippen molar-refractivity contribution in [2.45, 2.75) is 62.7 Å². The number of nitrogens with zero attached hydrogens (tertiary/aromatic N) is 1. The van der Waals surface area contributed by atoms with Crippen molar-refractivity contribution in [1.82, 2.24) is 20.9 Å². The molecule has 0 spiro atoms. The molecule has 6 amide bonds. The summed E-state index contributed by atoms with van der Waals surface area (Å²) in [5, 5.41) is 26.0. The summed E-state index contributed by atoms with van der Waals surface area (Å²) >= 11 is 0. The second-order valence-electron chi connectivity index (χ2n) is 9.58. The third-order valence-electron chi connectivity index (χ3n) is 6.36. The second kappa shape index (κ2) is 15.2. The van der Waals surface area contributed by atoms with Crippen molar-refractivity contribution < 1.29 is 43.8 Å². The lowest BCUT2D eigenvalue weighted by Crippen LogP contribution is -2.57. The molecule has 224 valence electrons. The van der Waals surface area contributed by atoms with Crippen molar-refractivity contribution in [3.05, 3.63) is 29.8 Å². The lowest BCUT2D eigenvalue weighted by molar-refractivity contribution is -0.143. The number of amides is 6. The highest BCUT2D eigenvalue weighted by molar-refractivity contribution is 5.96. The van der Waals surface area contributed by atoms with E-state index in [0.717, 1.165) is 0 Å². The minimum atomic E-state index is -1.53. The number of benzene rings is 1. The van der Waals surface area contributed by atoms with Crippen molar-refractivity contribution in [2.75, 3.05) is 13.1 Å². The predicted octanol–water partition coefficient (Wildman–Crippen LogP) is -3.44. The van der Waals surface area contributed by atoms with Gasteiger partial charge in [0.1, 0.15) is 23.9 Å². The first-order chi connectivity index (χ1) is 19.3.